The molecule has 1 aromatic heterocycles. The number of aromatic nitrogens is 1. The van der Waals surface area contributed by atoms with Crippen LogP contribution in [0, 0.1) is 0 Å². The van der Waals surface area contributed by atoms with Gasteiger partial charge in [0.25, 0.3) is 5.91 Å². The number of benzene rings is 1. The molecule has 1 unspecified atom stereocenters. The molecular formula is C25H34N4O3S. The van der Waals surface area contributed by atoms with Crippen LogP contribution in [0.25, 0.3) is 0 Å². The first-order valence-corrected chi connectivity index (χ1v) is 12.9. The molecule has 1 saturated heterocycles. The molecule has 2 amide bonds. The number of carbonyl (C=O) groups excluding carboxylic acids is 2. The number of amides is 2. The lowest BCUT2D eigenvalue weighted by Crippen LogP contribution is -2.41. The van der Waals surface area contributed by atoms with Gasteiger partial charge in [0, 0.05) is 24.9 Å². The van der Waals surface area contributed by atoms with E-state index >= 15 is 0 Å². The summed E-state index contributed by atoms with van der Waals surface area (Å²) in [6.07, 6.45) is 6.87. The molecule has 1 fully saturated rings. The summed E-state index contributed by atoms with van der Waals surface area (Å²) in [6, 6.07) is 14.8. The fraction of sp³-hybridized carbons (Fsp3) is 0.480. The van der Waals surface area contributed by atoms with E-state index in [0.717, 1.165) is 25.1 Å². The van der Waals surface area contributed by atoms with Gasteiger partial charge in [0.1, 0.15) is 11.4 Å². The molecule has 3 rings (SSSR count). The minimum atomic E-state index is -0.353. The average molecular weight is 471 g/mol. The third-order valence-electron chi connectivity index (χ3n) is 5.40. The molecule has 0 bridgehead atoms. The molecule has 8 heteroatoms. The number of ether oxygens (including phenoxy) is 1. The minimum absolute atomic E-state index is 0.0602. The molecule has 33 heavy (non-hydrogen) atoms. The molecule has 2 heterocycles. The molecule has 1 atom stereocenters. The standard InChI is InChI=1S/C25H34N4O3S/c30-23(20-33-19-15-27-25(31)22-12-5-6-14-26-22)28-24(32-21-10-3-1-4-11-21)13-9-18-29-16-7-2-8-17-29/h1,3-6,10-12,14,24H,2,7-9,13,15-20H2,(H,27,31)(H,28,30). The number of para-hydroxylation sites is 1. The number of hydrogen-bond acceptors (Lipinski definition) is 6. The van der Waals surface area contributed by atoms with Gasteiger partial charge >= 0.3 is 0 Å². The third kappa shape index (κ3) is 9.84. The molecule has 0 aliphatic carbocycles. The van der Waals surface area contributed by atoms with Crippen LogP contribution < -0.4 is 15.4 Å². The molecule has 0 spiro atoms. The Kier molecular flexibility index (Phi) is 11.0. The Labute approximate surface area is 200 Å². The Morgan fingerprint density at radius 3 is 2.61 bits per heavy atom. The van der Waals surface area contributed by atoms with Crippen LogP contribution in [0.15, 0.2) is 54.7 Å². The second-order valence-electron chi connectivity index (χ2n) is 8.06. The lowest BCUT2D eigenvalue weighted by Gasteiger charge is -2.27. The maximum Gasteiger partial charge on any atom is 0.269 e. The Hall–Kier alpha value is -2.58. The zero-order valence-electron chi connectivity index (χ0n) is 19.1. The van der Waals surface area contributed by atoms with Crippen molar-refractivity contribution in [1.29, 1.82) is 0 Å². The first-order chi connectivity index (χ1) is 16.2. The highest BCUT2D eigenvalue weighted by atomic mass is 32.2. The number of nitrogens with zero attached hydrogens (tertiary/aromatic N) is 2. The topological polar surface area (TPSA) is 83.6 Å². The first kappa shape index (κ1) is 25.1. The summed E-state index contributed by atoms with van der Waals surface area (Å²) in [5.74, 6) is 1.46. The first-order valence-electron chi connectivity index (χ1n) is 11.7. The normalized spacial score (nSPS) is 14.9. The Bertz CT molecular complexity index is 832. The van der Waals surface area contributed by atoms with Gasteiger partial charge in [-0.2, -0.15) is 11.8 Å². The van der Waals surface area contributed by atoms with Crippen molar-refractivity contribution in [2.24, 2.45) is 0 Å². The van der Waals surface area contributed by atoms with Crippen LogP contribution in [-0.2, 0) is 4.79 Å². The number of thioether (sulfide) groups is 1. The van der Waals surface area contributed by atoms with Crippen molar-refractivity contribution in [3.63, 3.8) is 0 Å². The molecule has 1 aromatic carbocycles. The van der Waals surface area contributed by atoms with Gasteiger partial charge in [-0.05, 0) is 63.2 Å². The van der Waals surface area contributed by atoms with E-state index in [9.17, 15) is 9.59 Å². The molecule has 2 aromatic rings. The van der Waals surface area contributed by atoms with Crippen molar-refractivity contribution in [2.75, 3.05) is 37.7 Å². The number of likely N-dealkylation sites (tertiary alicyclic amines) is 1. The van der Waals surface area contributed by atoms with E-state index in [1.54, 1.807) is 24.4 Å². The lowest BCUT2D eigenvalue weighted by molar-refractivity contribution is -0.121. The number of piperidine rings is 1. The molecule has 1 aliphatic rings. The van der Waals surface area contributed by atoms with Gasteiger partial charge in [-0.15, -0.1) is 0 Å². The van der Waals surface area contributed by atoms with Crippen LogP contribution in [0.3, 0.4) is 0 Å². The Morgan fingerprint density at radius 2 is 1.85 bits per heavy atom. The van der Waals surface area contributed by atoms with Crippen molar-refractivity contribution in [3.8, 4) is 5.75 Å². The number of pyridine rings is 1. The van der Waals surface area contributed by atoms with Crippen LogP contribution in [0.1, 0.15) is 42.6 Å². The molecular weight excluding hydrogens is 436 g/mol. The van der Waals surface area contributed by atoms with Gasteiger partial charge in [-0.25, -0.2) is 0 Å². The fourth-order valence-corrected chi connectivity index (χ4v) is 4.38. The quantitative estimate of drug-likeness (QED) is 0.345. The predicted octanol–water partition coefficient (Wildman–Crippen LogP) is 3.33. The smallest absolute Gasteiger partial charge is 0.269 e. The van der Waals surface area contributed by atoms with E-state index in [1.165, 1.54) is 44.1 Å². The van der Waals surface area contributed by atoms with Gasteiger partial charge in [-0.1, -0.05) is 30.7 Å². The van der Waals surface area contributed by atoms with Gasteiger partial charge in [0.05, 0.1) is 5.75 Å². The van der Waals surface area contributed by atoms with E-state index in [0.29, 0.717) is 23.7 Å². The zero-order valence-corrected chi connectivity index (χ0v) is 19.9. The molecule has 178 valence electrons. The number of nitrogens with one attached hydrogen (secondary N) is 2. The Morgan fingerprint density at radius 1 is 1.06 bits per heavy atom. The van der Waals surface area contributed by atoms with E-state index in [1.807, 2.05) is 30.3 Å². The van der Waals surface area contributed by atoms with Crippen molar-refractivity contribution in [3.05, 3.63) is 60.4 Å². The summed E-state index contributed by atoms with van der Waals surface area (Å²) >= 11 is 1.48. The lowest BCUT2D eigenvalue weighted by atomic mass is 10.1. The maximum atomic E-state index is 12.5. The van der Waals surface area contributed by atoms with Crippen LogP contribution >= 0.6 is 11.8 Å². The Balaban J connectivity index is 1.37. The van der Waals surface area contributed by atoms with Crippen molar-refractivity contribution in [1.82, 2.24) is 20.5 Å². The highest BCUT2D eigenvalue weighted by molar-refractivity contribution is 7.99. The fourth-order valence-electron chi connectivity index (χ4n) is 3.72. The molecule has 0 saturated carbocycles. The highest BCUT2D eigenvalue weighted by Gasteiger charge is 2.16. The summed E-state index contributed by atoms with van der Waals surface area (Å²) in [5, 5.41) is 5.85. The molecule has 2 N–H and O–H groups in total. The number of hydrogen-bond donors (Lipinski definition) is 2. The van der Waals surface area contributed by atoms with E-state index in [-0.39, 0.29) is 18.0 Å². The van der Waals surface area contributed by atoms with Gasteiger partial charge in [0.15, 0.2) is 6.23 Å². The van der Waals surface area contributed by atoms with Crippen molar-refractivity contribution >= 4 is 23.6 Å². The largest absolute Gasteiger partial charge is 0.471 e. The second kappa shape index (κ2) is 14.5. The third-order valence-corrected chi connectivity index (χ3v) is 6.35. The second-order valence-corrected chi connectivity index (χ2v) is 9.16. The van der Waals surface area contributed by atoms with Crippen LogP contribution in [0.5, 0.6) is 5.75 Å². The van der Waals surface area contributed by atoms with E-state index in [4.69, 9.17) is 4.74 Å². The van der Waals surface area contributed by atoms with E-state index in [2.05, 4.69) is 20.5 Å². The zero-order chi connectivity index (χ0) is 23.1. The van der Waals surface area contributed by atoms with Crippen LogP contribution in [-0.4, -0.2) is 65.6 Å². The number of rotatable bonds is 13. The van der Waals surface area contributed by atoms with Gasteiger partial charge in [0.2, 0.25) is 5.91 Å². The van der Waals surface area contributed by atoms with Crippen LogP contribution in [0.2, 0.25) is 0 Å². The highest BCUT2D eigenvalue weighted by Crippen LogP contribution is 2.14. The van der Waals surface area contributed by atoms with Gasteiger partial charge in [-0.3, -0.25) is 14.6 Å². The summed E-state index contributed by atoms with van der Waals surface area (Å²) in [4.78, 5) is 31.0. The summed E-state index contributed by atoms with van der Waals surface area (Å²) in [6.45, 7) is 3.86. The molecule has 1 aliphatic heterocycles. The summed E-state index contributed by atoms with van der Waals surface area (Å²) in [5.41, 5.74) is 0.394. The predicted molar refractivity (Wildman–Crippen MR) is 132 cm³/mol. The van der Waals surface area contributed by atoms with Crippen molar-refractivity contribution < 1.29 is 14.3 Å². The summed E-state index contributed by atoms with van der Waals surface area (Å²) in [7, 11) is 0. The maximum absolute atomic E-state index is 12.5. The molecule has 0 radical (unpaired) electrons. The minimum Gasteiger partial charge on any atom is -0.471 e. The molecule has 7 nitrogen and oxygen atoms in total. The number of carbonyl (C=O) groups is 2. The van der Waals surface area contributed by atoms with E-state index < -0.39 is 0 Å². The summed E-state index contributed by atoms with van der Waals surface area (Å²) < 4.78 is 6.06. The van der Waals surface area contributed by atoms with Crippen LogP contribution in [0.4, 0.5) is 0 Å². The monoisotopic (exact) mass is 470 g/mol. The van der Waals surface area contributed by atoms with Gasteiger partial charge < -0.3 is 20.3 Å². The van der Waals surface area contributed by atoms with Crippen molar-refractivity contribution in [2.45, 2.75) is 38.3 Å². The SMILES string of the molecule is O=C(CSCCNC(=O)c1ccccn1)NC(CCCN1CCCCC1)Oc1ccccc1. The average Bonchev–Trinajstić information content (AvgIpc) is 2.85.